The molecular formula is C9H10O5. The van der Waals surface area contributed by atoms with Crippen molar-refractivity contribution in [2.24, 2.45) is 0 Å². The van der Waals surface area contributed by atoms with Gasteiger partial charge >= 0.3 is 0 Å². The van der Waals surface area contributed by atoms with Crippen molar-refractivity contribution >= 4 is 6.29 Å². The Labute approximate surface area is 80.5 Å². The van der Waals surface area contributed by atoms with E-state index in [1.165, 1.54) is 19.2 Å². The fourth-order valence-electron chi connectivity index (χ4n) is 0.929. The molecular weight excluding hydrogens is 188 g/mol. The summed E-state index contributed by atoms with van der Waals surface area (Å²) in [6, 6.07) is 2.45. The monoisotopic (exact) mass is 198 g/mol. The van der Waals surface area contributed by atoms with Gasteiger partial charge in [0.05, 0.1) is 5.56 Å². The number of benzene rings is 1. The molecule has 0 saturated carbocycles. The number of phenolic OH excluding ortho intramolecular Hbond substituents is 2. The molecule has 0 aliphatic heterocycles. The Balaban J connectivity index is 2.95. The third-order valence-corrected chi connectivity index (χ3v) is 1.57. The third kappa shape index (κ3) is 2.14. The predicted molar refractivity (Wildman–Crippen MR) is 47.7 cm³/mol. The van der Waals surface area contributed by atoms with Crippen LogP contribution >= 0.6 is 0 Å². The predicted octanol–water partition coefficient (Wildman–Crippen LogP) is 0.893. The standard InChI is InChI=1S/C9H10O5/c1-13-5-14-6-2-8(11)7(4-10)9(12)3-6/h2-4,11-12H,5H2,1H3. The normalized spacial score (nSPS) is 9.79. The van der Waals surface area contributed by atoms with Crippen LogP contribution in [0.4, 0.5) is 0 Å². The van der Waals surface area contributed by atoms with Crippen LogP contribution in [0.2, 0.25) is 0 Å². The second-order valence-electron chi connectivity index (χ2n) is 2.54. The summed E-state index contributed by atoms with van der Waals surface area (Å²) in [5.74, 6) is -0.426. The molecule has 5 heteroatoms. The van der Waals surface area contributed by atoms with Gasteiger partial charge in [-0.25, -0.2) is 0 Å². The van der Waals surface area contributed by atoms with Crippen molar-refractivity contribution in [1.82, 2.24) is 0 Å². The summed E-state index contributed by atoms with van der Waals surface area (Å²) in [6.07, 6.45) is 0.366. The first kappa shape index (κ1) is 10.3. The first-order chi connectivity index (χ1) is 6.69. The highest BCUT2D eigenvalue weighted by Crippen LogP contribution is 2.30. The smallest absolute Gasteiger partial charge is 0.188 e. The maximum absolute atomic E-state index is 10.4. The van der Waals surface area contributed by atoms with E-state index >= 15 is 0 Å². The molecule has 0 amide bonds. The van der Waals surface area contributed by atoms with Crippen LogP contribution in [-0.2, 0) is 4.74 Å². The van der Waals surface area contributed by atoms with Crippen molar-refractivity contribution in [3.05, 3.63) is 17.7 Å². The van der Waals surface area contributed by atoms with Gasteiger partial charge in [-0.05, 0) is 0 Å². The Bertz CT molecular complexity index is 311. The summed E-state index contributed by atoms with van der Waals surface area (Å²) in [6.45, 7) is -0.000679. The molecule has 0 heterocycles. The van der Waals surface area contributed by atoms with E-state index in [2.05, 4.69) is 4.74 Å². The number of ether oxygens (including phenoxy) is 2. The molecule has 0 saturated heterocycles. The average molecular weight is 198 g/mol. The number of rotatable bonds is 4. The number of aromatic hydroxyl groups is 2. The molecule has 5 nitrogen and oxygen atoms in total. The second kappa shape index (κ2) is 4.48. The quantitative estimate of drug-likeness (QED) is 0.555. The van der Waals surface area contributed by atoms with Gasteiger partial charge in [-0.1, -0.05) is 0 Å². The van der Waals surface area contributed by atoms with Gasteiger partial charge in [0.25, 0.3) is 0 Å². The van der Waals surface area contributed by atoms with Gasteiger partial charge in [0.2, 0.25) is 0 Å². The fraction of sp³-hybridized carbons (Fsp3) is 0.222. The van der Waals surface area contributed by atoms with Gasteiger partial charge in [-0.2, -0.15) is 0 Å². The molecule has 0 unspecified atom stereocenters. The first-order valence-electron chi connectivity index (χ1n) is 3.82. The Morgan fingerprint density at radius 1 is 1.36 bits per heavy atom. The van der Waals surface area contributed by atoms with Crippen LogP contribution in [0, 0.1) is 0 Å². The minimum Gasteiger partial charge on any atom is -0.507 e. The van der Waals surface area contributed by atoms with Crippen molar-refractivity contribution in [3.8, 4) is 17.2 Å². The molecule has 76 valence electrons. The molecule has 0 spiro atoms. The topological polar surface area (TPSA) is 76.0 Å². The van der Waals surface area contributed by atoms with Gasteiger partial charge in [0.15, 0.2) is 13.1 Å². The molecule has 0 bridgehead atoms. The summed E-state index contributed by atoms with van der Waals surface area (Å²) in [7, 11) is 1.44. The summed E-state index contributed by atoms with van der Waals surface area (Å²) < 4.78 is 9.59. The second-order valence-corrected chi connectivity index (χ2v) is 2.54. The van der Waals surface area contributed by atoms with Crippen LogP contribution in [0.25, 0.3) is 0 Å². The molecule has 0 fully saturated rings. The zero-order chi connectivity index (χ0) is 10.6. The zero-order valence-corrected chi connectivity index (χ0v) is 7.56. The van der Waals surface area contributed by atoms with Crippen molar-refractivity contribution in [2.75, 3.05) is 13.9 Å². The number of aldehydes is 1. The summed E-state index contributed by atoms with van der Waals surface area (Å²) in [5.41, 5.74) is -0.158. The zero-order valence-electron chi connectivity index (χ0n) is 7.56. The third-order valence-electron chi connectivity index (χ3n) is 1.57. The average Bonchev–Trinajstić information content (AvgIpc) is 2.14. The fourth-order valence-corrected chi connectivity index (χ4v) is 0.929. The van der Waals surface area contributed by atoms with Crippen LogP contribution in [0.1, 0.15) is 10.4 Å². The number of carbonyl (C=O) groups excluding carboxylic acids is 1. The minimum atomic E-state index is -0.328. The number of carbonyl (C=O) groups is 1. The van der Waals surface area contributed by atoms with E-state index < -0.39 is 0 Å². The first-order valence-corrected chi connectivity index (χ1v) is 3.82. The van der Waals surface area contributed by atoms with E-state index in [1.54, 1.807) is 0 Å². The van der Waals surface area contributed by atoms with Crippen molar-refractivity contribution in [1.29, 1.82) is 0 Å². The molecule has 0 atom stereocenters. The number of hydrogen-bond donors (Lipinski definition) is 2. The summed E-state index contributed by atoms with van der Waals surface area (Å²) >= 11 is 0. The summed E-state index contributed by atoms with van der Waals surface area (Å²) in [4.78, 5) is 10.4. The van der Waals surface area contributed by atoms with Crippen molar-refractivity contribution in [2.45, 2.75) is 0 Å². The maximum Gasteiger partial charge on any atom is 0.188 e. The van der Waals surface area contributed by atoms with Gasteiger partial charge in [0, 0.05) is 19.2 Å². The number of methoxy groups -OCH3 is 1. The van der Waals surface area contributed by atoms with E-state index in [0.717, 1.165) is 0 Å². The number of hydrogen-bond acceptors (Lipinski definition) is 5. The lowest BCUT2D eigenvalue weighted by molar-refractivity contribution is 0.0508. The van der Waals surface area contributed by atoms with Gasteiger partial charge in [0.1, 0.15) is 17.2 Å². The van der Waals surface area contributed by atoms with Crippen LogP contribution in [0.15, 0.2) is 12.1 Å². The SMILES string of the molecule is COCOc1cc(O)c(C=O)c(O)c1. The Hall–Kier alpha value is -1.75. The molecule has 0 aliphatic rings. The Kier molecular flexibility index (Phi) is 3.30. The molecule has 14 heavy (non-hydrogen) atoms. The molecule has 2 N–H and O–H groups in total. The number of phenols is 2. The van der Waals surface area contributed by atoms with Gasteiger partial charge in [-0.15, -0.1) is 0 Å². The lowest BCUT2D eigenvalue weighted by atomic mass is 10.2. The lowest BCUT2D eigenvalue weighted by Gasteiger charge is -2.07. The van der Waals surface area contributed by atoms with E-state index in [4.69, 9.17) is 4.74 Å². The van der Waals surface area contributed by atoms with E-state index in [1.807, 2.05) is 0 Å². The Morgan fingerprint density at radius 3 is 2.36 bits per heavy atom. The molecule has 0 aliphatic carbocycles. The highest BCUT2D eigenvalue weighted by atomic mass is 16.7. The van der Waals surface area contributed by atoms with Crippen molar-refractivity contribution < 1.29 is 24.5 Å². The maximum atomic E-state index is 10.4. The molecule has 1 aromatic carbocycles. The molecule has 1 rings (SSSR count). The Morgan fingerprint density at radius 2 is 1.93 bits per heavy atom. The molecule has 1 aromatic rings. The van der Waals surface area contributed by atoms with Crippen molar-refractivity contribution in [3.63, 3.8) is 0 Å². The highest BCUT2D eigenvalue weighted by molar-refractivity contribution is 5.83. The van der Waals surface area contributed by atoms with Gasteiger partial charge in [-0.3, -0.25) is 4.79 Å². The van der Waals surface area contributed by atoms with Crippen LogP contribution < -0.4 is 4.74 Å². The minimum absolute atomic E-state index is 0.000679. The highest BCUT2D eigenvalue weighted by Gasteiger charge is 2.09. The van der Waals surface area contributed by atoms with E-state index in [0.29, 0.717) is 6.29 Å². The van der Waals surface area contributed by atoms with Gasteiger partial charge < -0.3 is 19.7 Å². The largest absolute Gasteiger partial charge is 0.507 e. The molecule has 0 aromatic heterocycles. The van der Waals surface area contributed by atoms with Crippen LogP contribution in [0.3, 0.4) is 0 Å². The van der Waals surface area contributed by atoms with E-state index in [9.17, 15) is 15.0 Å². The molecule has 0 radical (unpaired) electrons. The van der Waals surface area contributed by atoms with Crippen LogP contribution in [-0.4, -0.2) is 30.4 Å². The summed E-state index contributed by atoms with van der Waals surface area (Å²) in [5, 5.41) is 18.5. The van der Waals surface area contributed by atoms with E-state index in [-0.39, 0.29) is 29.6 Å². The lowest BCUT2D eigenvalue weighted by Crippen LogP contribution is -1.99. The van der Waals surface area contributed by atoms with Crippen LogP contribution in [0.5, 0.6) is 17.2 Å².